The fourth-order valence-corrected chi connectivity index (χ4v) is 1.84. The topological polar surface area (TPSA) is 38.3 Å². The van der Waals surface area contributed by atoms with E-state index in [2.05, 4.69) is 19.2 Å². The molecule has 2 unspecified atom stereocenters. The van der Waals surface area contributed by atoms with Crippen molar-refractivity contribution in [2.24, 2.45) is 5.92 Å². The maximum Gasteiger partial charge on any atom is 0.326 e. The minimum atomic E-state index is -0.400. The lowest BCUT2D eigenvalue weighted by Gasteiger charge is -2.28. The van der Waals surface area contributed by atoms with Crippen LogP contribution in [0, 0.1) is 5.92 Å². The van der Waals surface area contributed by atoms with Crippen molar-refractivity contribution in [1.29, 1.82) is 0 Å². The number of hydrogen-bond acceptors (Lipinski definition) is 3. The van der Waals surface area contributed by atoms with E-state index in [1.807, 2.05) is 13.8 Å². The lowest BCUT2D eigenvalue weighted by molar-refractivity contribution is -0.158. The summed E-state index contributed by atoms with van der Waals surface area (Å²) in [5, 5.41) is 3.29. The van der Waals surface area contributed by atoms with Gasteiger partial charge in [0.15, 0.2) is 0 Å². The van der Waals surface area contributed by atoms with E-state index in [1.165, 1.54) is 0 Å². The molecule has 1 rings (SSSR count). The third-order valence-electron chi connectivity index (χ3n) is 3.47. The molecule has 0 bridgehead atoms. The molecule has 0 aromatic heterocycles. The molecule has 0 aromatic rings. The number of rotatable bonds is 4. The van der Waals surface area contributed by atoms with Gasteiger partial charge in [-0.25, -0.2) is 0 Å². The Hall–Kier alpha value is -0.570. The molecule has 1 aliphatic heterocycles. The molecule has 0 aliphatic carbocycles. The van der Waals surface area contributed by atoms with Crippen molar-refractivity contribution < 1.29 is 9.53 Å². The van der Waals surface area contributed by atoms with Crippen LogP contribution in [0.3, 0.4) is 0 Å². The zero-order chi connectivity index (χ0) is 11.5. The van der Waals surface area contributed by atoms with Crippen molar-refractivity contribution in [2.45, 2.75) is 58.6 Å². The van der Waals surface area contributed by atoms with Crippen molar-refractivity contribution >= 4 is 5.97 Å². The van der Waals surface area contributed by atoms with Crippen LogP contribution in [-0.4, -0.2) is 24.2 Å². The maximum absolute atomic E-state index is 12.0. The van der Waals surface area contributed by atoms with Crippen LogP contribution in [0.15, 0.2) is 0 Å². The van der Waals surface area contributed by atoms with E-state index in [9.17, 15) is 4.79 Å². The van der Waals surface area contributed by atoms with E-state index in [1.54, 1.807) is 0 Å². The molecule has 1 saturated heterocycles. The van der Waals surface area contributed by atoms with Crippen LogP contribution in [-0.2, 0) is 9.53 Å². The highest BCUT2D eigenvalue weighted by molar-refractivity contribution is 5.81. The summed E-state index contributed by atoms with van der Waals surface area (Å²) < 4.78 is 5.49. The molecule has 1 heterocycles. The highest BCUT2D eigenvalue weighted by Crippen LogP contribution is 2.25. The lowest BCUT2D eigenvalue weighted by atomic mass is 9.94. The van der Waals surface area contributed by atoms with E-state index >= 15 is 0 Å². The Labute approximate surface area is 92.6 Å². The predicted molar refractivity (Wildman–Crippen MR) is 60.7 cm³/mol. The predicted octanol–water partition coefficient (Wildman–Crippen LogP) is 2.11. The maximum atomic E-state index is 12.0. The van der Waals surface area contributed by atoms with Crippen molar-refractivity contribution in [1.82, 2.24) is 5.32 Å². The summed E-state index contributed by atoms with van der Waals surface area (Å²) in [6.07, 6.45) is 2.80. The van der Waals surface area contributed by atoms with Crippen LogP contribution in [0.2, 0.25) is 0 Å². The Bertz CT molecular complexity index is 220. The van der Waals surface area contributed by atoms with Gasteiger partial charge in [0.1, 0.15) is 11.6 Å². The van der Waals surface area contributed by atoms with Gasteiger partial charge >= 0.3 is 5.97 Å². The first kappa shape index (κ1) is 12.5. The van der Waals surface area contributed by atoms with E-state index in [0.717, 1.165) is 25.8 Å². The smallest absolute Gasteiger partial charge is 0.326 e. The summed E-state index contributed by atoms with van der Waals surface area (Å²) in [4.78, 5) is 12.0. The standard InChI is InChI=1S/C12H23NO2/c1-5-12(7-6-8-13-12)11(14)15-10(4)9(2)3/h9-10,13H,5-8H2,1-4H3. The summed E-state index contributed by atoms with van der Waals surface area (Å²) in [5.74, 6) is 0.313. The highest BCUT2D eigenvalue weighted by Gasteiger charge is 2.41. The van der Waals surface area contributed by atoms with Gasteiger partial charge in [-0.05, 0) is 38.6 Å². The minimum absolute atomic E-state index is 0.00308. The summed E-state index contributed by atoms with van der Waals surface area (Å²) in [7, 11) is 0. The number of ether oxygens (including phenoxy) is 1. The van der Waals surface area contributed by atoms with E-state index in [-0.39, 0.29) is 12.1 Å². The van der Waals surface area contributed by atoms with Gasteiger partial charge in [0, 0.05) is 0 Å². The average Bonchev–Trinajstić information content (AvgIpc) is 2.66. The Morgan fingerprint density at radius 3 is 2.53 bits per heavy atom. The van der Waals surface area contributed by atoms with Crippen LogP contribution >= 0.6 is 0 Å². The second kappa shape index (κ2) is 4.97. The molecule has 0 saturated carbocycles. The summed E-state index contributed by atoms with van der Waals surface area (Å²) in [6, 6.07) is 0. The molecule has 1 N–H and O–H groups in total. The average molecular weight is 213 g/mol. The Morgan fingerprint density at radius 2 is 2.13 bits per heavy atom. The monoisotopic (exact) mass is 213 g/mol. The molecular weight excluding hydrogens is 190 g/mol. The molecule has 15 heavy (non-hydrogen) atoms. The van der Waals surface area contributed by atoms with Crippen LogP contribution in [0.1, 0.15) is 47.0 Å². The minimum Gasteiger partial charge on any atom is -0.461 e. The largest absolute Gasteiger partial charge is 0.461 e. The zero-order valence-electron chi connectivity index (χ0n) is 10.3. The molecule has 1 aliphatic rings. The van der Waals surface area contributed by atoms with E-state index in [4.69, 9.17) is 4.74 Å². The van der Waals surface area contributed by atoms with Gasteiger partial charge < -0.3 is 10.1 Å². The summed E-state index contributed by atoms with van der Waals surface area (Å²) in [5.41, 5.74) is -0.400. The fourth-order valence-electron chi connectivity index (χ4n) is 1.84. The van der Waals surface area contributed by atoms with Gasteiger partial charge in [-0.15, -0.1) is 0 Å². The number of carbonyl (C=O) groups is 1. The Morgan fingerprint density at radius 1 is 1.47 bits per heavy atom. The van der Waals surface area contributed by atoms with E-state index in [0.29, 0.717) is 5.92 Å². The molecule has 0 amide bonds. The van der Waals surface area contributed by atoms with Gasteiger partial charge in [0.25, 0.3) is 0 Å². The lowest BCUT2D eigenvalue weighted by Crippen LogP contribution is -2.49. The molecule has 0 spiro atoms. The summed E-state index contributed by atoms with van der Waals surface area (Å²) in [6.45, 7) is 9.07. The van der Waals surface area contributed by atoms with Gasteiger partial charge in [-0.1, -0.05) is 20.8 Å². The quantitative estimate of drug-likeness (QED) is 0.727. The third kappa shape index (κ3) is 2.71. The molecular formula is C12H23NO2. The molecule has 0 radical (unpaired) electrons. The number of hydrogen-bond donors (Lipinski definition) is 1. The number of carbonyl (C=O) groups excluding carboxylic acids is 1. The normalized spacial score (nSPS) is 28.1. The third-order valence-corrected chi connectivity index (χ3v) is 3.47. The first-order valence-corrected chi connectivity index (χ1v) is 5.98. The molecule has 3 heteroatoms. The first-order chi connectivity index (χ1) is 7.02. The van der Waals surface area contributed by atoms with E-state index < -0.39 is 5.54 Å². The van der Waals surface area contributed by atoms with Crippen molar-refractivity contribution in [3.8, 4) is 0 Å². The molecule has 0 aromatic carbocycles. The van der Waals surface area contributed by atoms with Gasteiger partial charge in [-0.2, -0.15) is 0 Å². The second-order valence-corrected chi connectivity index (χ2v) is 4.82. The van der Waals surface area contributed by atoms with Crippen LogP contribution in [0.25, 0.3) is 0 Å². The van der Waals surface area contributed by atoms with Gasteiger partial charge in [-0.3, -0.25) is 4.79 Å². The molecule has 1 fully saturated rings. The fraction of sp³-hybridized carbons (Fsp3) is 0.917. The van der Waals surface area contributed by atoms with Gasteiger partial charge in [0.2, 0.25) is 0 Å². The van der Waals surface area contributed by atoms with Crippen LogP contribution < -0.4 is 5.32 Å². The number of esters is 1. The SMILES string of the molecule is CCC1(C(=O)OC(C)C(C)C)CCCN1. The number of nitrogens with one attached hydrogen (secondary N) is 1. The summed E-state index contributed by atoms with van der Waals surface area (Å²) >= 11 is 0. The van der Waals surface area contributed by atoms with Crippen molar-refractivity contribution in [2.75, 3.05) is 6.54 Å². The van der Waals surface area contributed by atoms with Crippen LogP contribution in [0.4, 0.5) is 0 Å². The Balaban J connectivity index is 2.58. The van der Waals surface area contributed by atoms with Crippen LogP contribution in [0.5, 0.6) is 0 Å². The van der Waals surface area contributed by atoms with Crippen molar-refractivity contribution in [3.63, 3.8) is 0 Å². The molecule has 3 nitrogen and oxygen atoms in total. The molecule has 88 valence electrons. The Kier molecular flexibility index (Phi) is 4.14. The first-order valence-electron chi connectivity index (χ1n) is 5.98. The van der Waals surface area contributed by atoms with Gasteiger partial charge in [0.05, 0.1) is 0 Å². The zero-order valence-corrected chi connectivity index (χ0v) is 10.3. The second-order valence-electron chi connectivity index (χ2n) is 4.82. The molecule has 2 atom stereocenters. The van der Waals surface area contributed by atoms with Crippen molar-refractivity contribution in [3.05, 3.63) is 0 Å². The highest BCUT2D eigenvalue weighted by atomic mass is 16.5.